The summed E-state index contributed by atoms with van der Waals surface area (Å²) in [5.41, 5.74) is 0.859. The van der Waals surface area contributed by atoms with Gasteiger partial charge in [-0.25, -0.2) is 0 Å². The summed E-state index contributed by atoms with van der Waals surface area (Å²) in [5.74, 6) is 0.790. The molecule has 2 unspecified atom stereocenters. The van der Waals surface area contributed by atoms with E-state index in [-0.39, 0.29) is 48.8 Å². The molecule has 140 valence electrons. The zero-order valence-electron chi connectivity index (χ0n) is 14.8. The van der Waals surface area contributed by atoms with Crippen LogP contribution >= 0.6 is 0 Å². The molecule has 7 nitrogen and oxygen atoms in total. The fourth-order valence-corrected chi connectivity index (χ4v) is 4.35. The van der Waals surface area contributed by atoms with Crippen LogP contribution in [-0.2, 0) is 20.8 Å². The Labute approximate surface area is 156 Å². The molecule has 3 heterocycles. The van der Waals surface area contributed by atoms with Crippen molar-refractivity contribution in [2.75, 3.05) is 19.9 Å². The van der Waals surface area contributed by atoms with Crippen LogP contribution in [0.3, 0.4) is 0 Å². The first-order chi connectivity index (χ1) is 13.1. The SMILES string of the molecule is O=C(Cc1ccc2c(c1)OCO2)N1CC(N2C(=O)C3CC=CCC3C2=O)C1. The van der Waals surface area contributed by atoms with E-state index >= 15 is 0 Å². The quantitative estimate of drug-likeness (QED) is 0.590. The van der Waals surface area contributed by atoms with E-state index in [1.165, 1.54) is 4.90 Å². The smallest absolute Gasteiger partial charge is 0.233 e. The predicted molar refractivity (Wildman–Crippen MR) is 93.8 cm³/mol. The van der Waals surface area contributed by atoms with E-state index in [9.17, 15) is 14.4 Å². The van der Waals surface area contributed by atoms with Crippen LogP contribution in [0.2, 0.25) is 0 Å². The number of hydrogen-bond donors (Lipinski definition) is 0. The van der Waals surface area contributed by atoms with Gasteiger partial charge < -0.3 is 14.4 Å². The number of nitrogens with zero attached hydrogens (tertiary/aromatic N) is 2. The van der Waals surface area contributed by atoms with Gasteiger partial charge in [0.25, 0.3) is 0 Å². The highest BCUT2D eigenvalue weighted by Gasteiger charge is 2.52. The maximum atomic E-state index is 12.6. The molecule has 1 aliphatic carbocycles. The number of likely N-dealkylation sites (tertiary alicyclic amines) is 2. The second-order valence-electron chi connectivity index (χ2n) is 7.52. The van der Waals surface area contributed by atoms with Crippen LogP contribution in [0.15, 0.2) is 30.4 Å². The molecule has 0 aromatic heterocycles. The Bertz CT molecular complexity index is 832. The lowest BCUT2D eigenvalue weighted by molar-refractivity contribution is -0.152. The largest absolute Gasteiger partial charge is 0.454 e. The van der Waals surface area contributed by atoms with Gasteiger partial charge in [0.2, 0.25) is 24.5 Å². The first-order valence-corrected chi connectivity index (χ1v) is 9.30. The van der Waals surface area contributed by atoms with Crippen molar-refractivity contribution < 1.29 is 23.9 Å². The van der Waals surface area contributed by atoms with Crippen LogP contribution in [0.1, 0.15) is 18.4 Å². The van der Waals surface area contributed by atoms with Crippen LogP contribution in [-0.4, -0.2) is 53.4 Å². The van der Waals surface area contributed by atoms with Gasteiger partial charge in [0.05, 0.1) is 24.3 Å². The Hall–Kier alpha value is -2.83. The van der Waals surface area contributed by atoms with Crippen molar-refractivity contribution in [1.82, 2.24) is 9.80 Å². The summed E-state index contributed by atoms with van der Waals surface area (Å²) in [6.07, 6.45) is 5.52. The van der Waals surface area contributed by atoms with Gasteiger partial charge in [0, 0.05) is 13.1 Å². The highest BCUT2D eigenvalue weighted by Crippen LogP contribution is 2.37. The monoisotopic (exact) mass is 368 g/mol. The third kappa shape index (κ3) is 2.60. The molecule has 27 heavy (non-hydrogen) atoms. The lowest BCUT2D eigenvalue weighted by Crippen LogP contribution is -2.62. The molecule has 5 rings (SSSR count). The van der Waals surface area contributed by atoms with Crippen molar-refractivity contribution in [3.63, 3.8) is 0 Å². The molecule has 0 bridgehead atoms. The van der Waals surface area contributed by atoms with Gasteiger partial charge in [0.1, 0.15) is 0 Å². The standard InChI is InChI=1S/C20H20N2O5/c23-18(8-12-5-6-16-17(7-12)27-11-26-16)21-9-13(10-21)22-19(24)14-3-1-2-4-15(14)20(22)25/h1-2,5-7,13-15H,3-4,8-11H2. The molecule has 3 amide bonds. The highest BCUT2D eigenvalue weighted by molar-refractivity contribution is 6.06. The summed E-state index contributed by atoms with van der Waals surface area (Å²) in [7, 11) is 0. The molecular formula is C20H20N2O5. The number of hydrogen-bond acceptors (Lipinski definition) is 5. The van der Waals surface area contributed by atoms with E-state index in [0.717, 1.165) is 5.56 Å². The van der Waals surface area contributed by atoms with Crippen molar-refractivity contribution in [3.8, 4) is 11.5 Å². The van der Waals surface area contributed by atoms with Crippen molar-refractivity contribution in [3.05, 3.63) is 35.9 Å². The normalized spacial score (nSPS) is 26.4. The molecule has 0 saturated carbocycles. The fraction of sp³-hybridized carbons (Fsp3) is 0.450. The maximum Gasteiger partial charge on any atom is 0.233 e. The number of allylic oxidation sites excluding steroid dienone is 2. The van der Waals surface area contributed by atoms with Crippen molar-refractivity contribution in [1.29, 1.82) is 0 Å². The van der Waals surface area contributed by atoms with Gasteiger partial charge in [-0.15, -0.1) is 0 Å². The molecule has 0 spiro atoms. The first kappa shape index (κ1) is 16.4. The van der Waals surface area contributed by atoms with Crippen molar-refractivity contribution in [2.24, 2.45) is 11.8 Å². The molecule has 4 aliphatic rings. The Morgan fingerprint density at radius 2 is 1.67 bits per heavy atom. The number of benzene rings is 1. The van der Waals surface area contributed by atoms with E-state index in [0.29, 0.717) is 37.4 Å². The summed E-state index contributed by atoms with van der Waals surface area (Å²) in [6, 6.07) is 5.30. The van der Waals surface area contributed by atoms with Gasteiger partial charge in [0.15, 0.2) is 11.5 Å². The van der Waals surface area contributed by atoms with E-state index in [4.69, 9.17) is 9.47 Å². The number of imide groups is 1. The molecule has 1 aromatic carbocycles. The minimum atomic E-state index is -0.208. The summed E-state index contributed by atoms with van der Waals surface area (Å²) >= 11 is 0. The lowest BCUT2D eigenvalue weighted by atomic mass is 9.85. The van der Waals surface area contributed by atoms with Crippen LogP contribution in [0.5, 0.6) is 11.5 Å². The van der Waals surface area contributed by atoms with E-state index < -0.39 is 0 Å². The van der Waals surface area contributed by atoms with Gasteiger partial charge in [-0.3, -0.25) is 19.3 Å². The average Bonchev–Trinajstić information content (AvgIpc) is 3.19. The summed E-state index contributed by atoms with van der Waals surface area (Å²) < 4.78 is 10.6. The van der Waals surface area contributed by atoms with Gasteiger partial charge in [-0.2, -0.15) is 0 Å². The van der Waals surface area contributed by atoms with Crippen molar-refractivity contribution in [2.45, 2.75) is 25.3 Å². The second-order valence-corrected chi connectivity index (χ2v) is 7.52. The number of ether oxygens (including phenoxy) is 2. The Morgan fingerprint density at radius 1 is 1.00 bits per heavy atom. The lowest BCUT2D eigenvalue weighted by Gasteiger charge is -2.43. The minimum absolute atomic E-state index is 0.0108. The maximum absolute atomic E-state index is 12.6. The van der Waals surface area contributed by atoms with Crippen molar-refractivity contribution >= 4 is 17.7 Å². The third-order valence-corrected chi connectivity index (χ3v) is 5.91. The van der Waals surface area contributed by atoms with Crippen LogP contribution in [0, 0.1) is 11.8 Å². The fourth-order valence-electron chi connectivity index (χ4n) is 4.35. The highest BCUT2D eigenvalue weighted by atomic mass is 16.7. The molecule has 0 N–H and O–H groups in total. The minimum Gasteiger partial charge on any atom is -0.454 e. The number of fused-ring (bicyclic) bond motifs is 2. The van der Waals surface area contributed by atoms with Gasteiger partial charge in [-0.1, -0.05) is 18.2 Å². The predicted octanol–water partition coefficient (Wildman–Crippen LogP) is 1.12. The molecule has 2 saturated heterocycles. The number of amides is 3. The Kier molecular flexibility index (Phi) is 3.70. The number of rotatable bonds is 3. The molecule has 1 aromatic rings. The number of carbonyl (C=O) groups excluding carboxylic acids is 3. The van der Waals surface area contributed by atoms with Crippen LogP contribution in [0.25, 0.3) is 0 Å². The van der Waals surface area contributed by atoms with E-state index in [2.05, 4.69) is 0 Å². The molecular weight excluding hydrogens is 348 g/mol. The second kappa shape index (κ2) is 6.11. The summed E-state index contributed by atoms with van der Waals surface area (Å²) in [5, 5.41) is 0. The first-order valence-electron chi connectivity index (χ1n) is 9.30. The van der Waals surface area contributed by atoms with Gasteiger partial charge >= 0.3 is 0 Å². The van der Waals surface area contributed by atoms with E-state index in [1.54, 1.807) is 11.0 Å². The summed E-state index contributed by atoms with van der Waals surface area (Å²) in [4.78, 5) is 40.9. The number of carbonyl (C=O) groups is 3. The average molecular weight is 368 g/mol. The van der Waals surface area contributed by atoms with Gasteiger partial charge in [-0.05, 0) is 30.5 Å². The summed E-state index contributed by atoms with van der Waals surface area (Å²) in [6.45, 7) is 1.05. The molecule has 2 atom stereocenters. The molecule has 2 fully saturated rings. The molecule has 0 radical (unpaired) electrons. The van der Waals surface area contributed by atoms with Crippen LogP contribution in [0.4, 0.5) is 0 Å². The zero-order chi connectivity index (χ0) is 18.5. The topological polar surface area (TPSA) is 76.2 Å². The Balaban J connectivity index is 1.20. The molecule has 7 heteroatoms. The van der Waals surface area contributed by atoms with E-state index in [1.807, 2.05) is 24.3 Å². The Morgan fingerprint density at radius 3 is 2.37 bits per heavy atom. The van der Waals surface area contributed by atoms with Crippen LogP contribution < -0.4 is 9.47 Å². The zero-order valence-corrected chi connectivity index (χ0v) is 14.8. The molecule has 3 aliphatic heterocycles. The third-order valence-electron chi connectivity index (χ3n) is 5.91.